The van der Waals surface area contributed by atoms with Gasteiger partial charge in [0.25, 0.3) is 0 Å². The van der Waals surface area contributed by atoms with Gasteiger partial charge in [0.15, 0.2) is 0 Å². The molecule has 0 aromatic carbocycles. The average molecular weight is 231 g/mol. The zero-order chi connectivity index (χ0) is 12.0. The van der Waals surface area contributed by atoms with E-state index >= 15 is 0 Å². The van der Waals surface area contributed by atoms with E-state index in [1.54, 1.807) is 0 Å². The summed E-state index contributed by atoms with van der Waals surface area (Å²) in [4.78, 5) is 10.9. The van der Waals surface area contributed by atoms with Crippen LogP contribution in [0.25, 0.3) is 0 Å². The van der Waals surface area contributed by atoms with Crippen LogP contribution in [0.3, 0.4) is 0 Å². The van der Waals surface area contributed by atoms with Crippen molar-refractivity contribution in [1.29, 1.82) is 0 Å². The van der Waals surface area contributed by atoms with Crippen molar-refractivity contribution in [3.63, 3.8) is 0 Å². The summed E-state index contributed by atoms with van der Waals surface area (Å²) in [5, 5.41) is 8.94. The van der Waals surface area contributed by atoms with Gasteiger partial charge in [0.2, 0.25) is 0 Å². The van der Waals surface area contributed by atoms with E-state index in [1.807, 2.05) is 6.92 Å². The number of carboxylic acid groups (broad SMARTS) is 1. The van der Waals surface area contributed by atoms with Crippen molar-refractivity contribution in [2.24, 2.45) is 5.73 Å². The van der Waals surface area contributed by atoms with Crippen LogP contribution in [-0.4, -0.2) is 42.5 Å². The lowest BCUT2D eigenvalue weighted by atomic mass is 9.81. The quantitative estimate of drug-likeness (QED) is 0.660. The largest absolute Gasteiger partial charge is 0.480 e. The molecule has 1 aliphatic rings. The number of aliphatic carboxylic acids is 1. The summed E-state index contributed by atoms with van der Waals surface area (Å²) in [6, 6.07) is 0. The Morgan fingerprint density at radius 1 is 1.44 bits per heavy atom. The molecule has 0 heterocycles. The first-order chi connectivity index (χ1) is 7.58. The highest BCUT2D eigenvalue weighted by Gasteiger charge is 2.38. The second-order valence-corrected chi connectivity index (χ2v) is 4.23. The number of hydrogen-bond acceptors (Lipinski definition) is 4. The molecule has 0 aliphatic heterocycles. The first-order valence-electron chi connectivity index (χ1n) is 5.80. The number of ether oxygens (including phenoxy) is 2. The van der Waals surface area contributed by atoms with Gasteiger partial charge in [-0.2, -0.15) is 0 Å². The third-order valence-corrected chi connectivity index (χ3v) is 3.04. The molecule has 0 saturated heterocycles. The highest BCUT2D eigenvalue weighted by atomic mass is 16.5. The van der Waals surface area contributed by atoms with Crippen molar-refractivity contribution in [2.45, 2.75) is 44.2 Å². The van der Waals surface area contributed by atoms with Gasteiger partial charge in [0.05, 0.1) is 19.3 Å². The maximum absolute atomic E-state index is 10.9. The lowest BCUT2D eigenvalue weighted by Crippen LogP contribution is -2.51. The summed E-state index contributed by atoms with van der Waals surface area (Å²) in [5.74, 6) is -0.903. The summed E-state index contributed by atoms with van der Waals surface area (Å²) in [6.07, 6.45) is 2.55. The molecule has 0 bridgehead atoms. The molecule has 0 aromatic rings. The van der Waals surface area contributed by atoms with E-state index in [2.05, 4.69) is 0 Å². The second kappa shape index (κ2) is 6.18. The van der Waals surface area contributed by atoms with Gasteiger partial charge in [-0.25, -0.2) is 0 Å². The van der Waals surface area contributed by atoms with Gasteiger partial charge >= 0.3 is 5.97 Å². The number of rotatable bonds is 6. The molecule has 16 heavy (non-hydrogen) atoms. The molecule has 5 nitrogen and oxygen atoms in total. The molecule has 3 N–H and O–H groups in total. The van der Waals surface area contributed by atoms with Gasteiger partial charge < -0.3 is 20.3 Å². The molecular formula is C11H21NO4. The van der Waals surface area contributed by atoms with Gasteiger partial charge in [0, 0.05) is 6.61 Å². The van der Waals surface area contributed by atoms with Gasteiger partial charge in [0.1, 0.15) is 5.54 Å². The van der Waals surface area contributed by atoms with Crippen LogP contribution < -0.4 is 5.73 Å². The fraction of sp³-hybridized carbons (Fsp3) is 0.909. The predicted molar refractivity (Wildman–Crippen MR) is 59.3 cm³/mol. The van der Waals surface area contributed by atoms with E-state index in [1.165, 1.54) is 0 Å². The zero-order valence-electron chi connectivity index (χ0n) is 9.78. The highest BCUT2D eigenvalue weighted by molar-refractivity contribution is 5.78. The average Bonchev–Trinajstić information content (AvgIpc) is 2.27. The van der Waals surface area contributed by atoms with Gasteiger partial charge in [-0.15, -0.1) is 0 Å². The Labute approximate surface area is 95.9 Å². The van der Waals surface area contributed by atoms with E-state index in [0.717, 1.165) is 12.8 Å². The van der Waals surface area contributed by atoms with Crippen LogP contribution in [0.15, 0.2) is 0 Å². The van der Waals surface area contributed by atoms with Crippen LogP contribution in [0.5, 0.6) is 0 Å². The molecule has 1 fully saturated rings. The third kappa shape index (κ3) is 3.73. The molecule has 0 aromatic heterocycles. The minimum absolute atomic E-state index is 0.136. The molecule has 94 valence electrons. The summed E-state index contributed by atoms with van der Waals surface area (Å²) in [5.41, 5.74) is 4.72. The Morgan fingerprint density at radius 3 is 2.56 bits per heavy atom. The van der Waals surface area contributed by atoms with E-state index < -0.39 is 11.5 Å². The number of hydrogen-bond donors (Lipinski definition) is 2. The SMILES string of the molecule is CCOCCOC1CCC(N)(C(=O)O)CC1. The molecule has 0 radical (unpaired) electrons. The molecule has 0 amide bonds. The van der Waals surface area contributed by atoms with Crippen LogP contribution in [0.2, 0.25) is 0 Å². The maximum Gasteiger partial charge on any atom is 0.323 e. The lowest BCUT2D eigenvalue weighted by Gasteiger charge is -2.33. The third-order valence-electron chi connectivity index (χ3n) is 3.04. The fourth-order valence-corrected chi connectivity index (χ4v) is 1.91. The molecule has 5 heteroatoms. The first kappa shape index (κ1) is 13.4. The second-order valence-electron chi connectivity index (χ2n) is 4.23. The van der Waals surface area contributed by atoms with Crippen molar-refractivity contribution in [3.8, 4) is 0 Å². The highest BCUT2D eigenvalue weighted by Crippen LogP contribution is 2.28. The minimum Gasteiger partial charge on any atom is -0.480 e. The zero-order valence-corrected chi connectivity index (χ0v) is 9.78. The smallest absolute Gasteiger partial charge is 0.323 e. The van der Waals surface area contributed by atoms with Crippen molar-refractivity contribution in [3.05, 3.63) is 0 Å². The Morgan fingerprint density at radius 2 is 2.06 bits per heavy atom. The standard InChI is InChI=1S/C11H21NO4/c1-2-15-7-8-16-9-3-5-11(12,6-4-9)10(13)14/h9H,2-8,12H2,1H3,(H,13,14). The Bertz CT molecular complexity index is 224. The number of carbonyl (C=O) groups is 1. The molecule has 1 rings (SSSR count). The van der Waals surface area contributed by atoms with Crippen LogP contribution in [0.4, 0.5) is 0 Å². The Hall–Kier alpha value is -0.650. The van der Waals surface area contributed by atoms with Gasteiger partial charge in [-0.1, -0.05) is 0 Å². The molecule has 1 saturated carbocycles. The van der Waals surface area contributed by atoms with Crippen LogP contribution in [0.1, 0.15) is 32.6 Å². The first-order valence-corrected chi connectivity index (χ1v) is 5.80. The van der Waals surface area contributed by atoms with E-state index in [0.29, 0.717) is 32.7 Å². The molecule has 0 atom stereocenters. The fourth-order valence-electron chi connectivity index (χ4n) is 1.91. The van der Waals surface area contributed by atoms with Gasteiger partial charge in [-0.3, -0.25) is 4.79 Å². The summed E-state index contributed by atoms with van der Waals surface area (Å²) in [7, 11) is 0. The monoisotopic (exact) mass is 231 g/mol. The normalized spacial score (nSPS) is 30.2. The summed E-state index contributed by atoms with van der Waals surface area (Å²) in [6.45, 7) is 3.80. The molecule has 0 unspecified atom stereocenters. The lowest BCUT2D eigenvalue weighted by molar-refractivity contribution is -0.146. The van der Waals surface area contributed by atoms with Crippen molar-refractivity contribution in [2.75, 3.05) is 19.8 Å². The van der Waals surface area contributed by atoms with Crippen LogP contribution >= 0.6 is 0 Å². The Kier molecular flexibility index (Phi) is 5.18. The van der Waals surface area contributed by atoms with Gasteiger partial charge in [-0.05, 0) is 32.6 Å². The maximum atomic E-state index is 10.9. The predicted octanol–water partition coefficient (Wildman–Crippen LogP) is 0.764. The van der Waals surface area contributed by atoms with Crippen LogP contribution in [-0.2, 0) is 14.3 Å². The van der Waals surface area contributed by atoms with Crippen molar-refractivity contribution in [1.82, 2.24) is 0 Å². The molecular weight excluding hydrogens is 210 g/mol. The van der Waals surface area contributed by atoms with Crippen LogP contribution in [0, 0.1) is 0 Å². The van der Waals surface area contributed by atoms with Crippen molar-refractivity contribution >= 4 is 5.97 Å². The van der Waals surface area contributed by atoms with E-state index in [4.69, 9.17) is 20.3 Å². The molecule has 1 aliphatic carbocycles. The summed E-state index contributed by atoms with van der Waals surface area (Å²) < 4.78 is 10.7. The van der Waals surface area contributed by atoms with Crippen molar-refractivity contribution < 1.29 is 19.4 Å². The van der Waals surface area contributed by atoms with E-state index in [-0.39, 0.29) is 6.10 Å². The number of carboxylic acids is 1. The molecule has 0 spiro atoms. The Balaban J connectivity index is 2.19. The summed E-state index contributed by atoms with van der Waals surface area (Å²) >= 11 is 0. The number of nitrogens with two attached hydrogens (primary N) is 1. The minimum atomic E-state index is -1.04. The topological polar surface area (TPSA) is 81.8 Å². The van der Waals surface area contributed by atoms with E-state index in [9.17, 15) is 4.79 Å².